The molecule has 1 aromatic heterocycles. The molecule has 0 unspecified atom stereocenters. The molecule has 1 aromatic rings. The van der Waals surface area contributed by atoms with E-state index in [9.17, 15) is 4.79 Å². The average Bonchev–Trinajstić information content (AvgIpc) is 1.95. The van der Waals surface area contributed by atoms with Gasteiger partial charge in [-0.05, 0) is 27.6 Å². The molecule has 0 amide bonds. The van der Waals surface area contributed by atoms with Gasteiger partial charge in [-0.2, -0.15) is 0 Å². The van der Waals surface area contributed by atoms with E-state index in [-0.39, 0.29) is 5.56 Å². The SMILES string of the molecule is O=c1[nH]ccc(CCl)c1Br. The quantitative estimate of drug-likeness (QED) is 0.723. The molecule has 1 heterocycles. The van der Waals surface area contributed by atoms with Gasteiger partial charge in [-0.3, -0.25) is 4.79 Å². The fourth-order valence-corrected chi connectivity index (χ4v) is 1.37. The predicted molar refractivity (Wildman–Crippen MR) is 44.3 cm³/mol. The Balaban J connectivity index is 3.28. The highest BCUT2D eigenvalue weighted by atomic mass is 79.9. The monoisotopic (exact) mass is 221 g/mol. The fraction of sp³-hybridized carbons (Fsp3) is 0.167. The lowest BCUT2D eigenvalue weighted by atomic mass is 10.3. The normalized spacial score (nSPS) is 9.80. The lowest BCUT2D eigenvalue weighted by Crippen LogP contribution is -2.06. The summed E-state index contributed by atoms with van der Waals surface area (Å²) in [4.78, 5) is 13.4. The topological polar surface area (TPSA) is 32.9 Å². The third kappa shape index (κ3) is 1.41. The van der Waals surface area contributed by atoms with Gasteiger partial charge in [0.2, 0.25) is 0 Å². The van der Waals surface area contributed by atoms with Crippen molar-refractivity contribution in [3.63, 3.8) is 0 Å². The molecule has 2 nitrogen and oxygen atoms in total. The van der Waals surface area contributed by atoms with E-state index in [2.05, 4.69) is 20.9 Å². The maximum absolute atomic E-state index is 10.8. The van der Waals surface area contributed by atoms with Crippen LogP contribution in [0.3, 0.4) is 0 Å². The number of pyridine rings is 1. The van der Waals surface area contributed by atoms with Crippen LogP contribution in [0.5, 0.6) is 0 Å². The number of halogens is 2. The lowest BCUT2D eigenvalue weighted by molar-refractivity contribution is 1.17. The van der Waals surface area contributed by atoms with Crippen LogP contribution in [0, 0.1) is 0 Å². The predicted octanol–water partition coefficient (Wildman–Crippen LogP) is 1.88. The highest BCUT2D eigenvalue weighted by molar-refractivity contribution is 9.10. The summed E-state index contributed by atoms with van der Waals surface area (Å²) in [6.45, 7) is 0. The first-order valence-electron chi connectivity index (χ1n) is 2.67. The molecule has 54 valence electrons. The summed E-state index contributed by atoms with van der Waals surface area (Å²) in [5, 5.41) is 0. The molecule has 0 aliphatic carbocycles. The number of alkyl halides is 1. The Morgan fingerprint density at radius 2 is 2.40 bits per heavy atom. The maximum atomic E-state index is 10.8. The summed E-state index contributed by atoms with van der Waals surface area (Å²) >= 11 is 8.63. The molecule has 0 aromatic carbocycles. The van der Waals surface area contributed by atoms with Crippen LogP contribution in [0.25, 0.3) is 0 Å². The van der Waals surface area contributed by atoms with Gasteiger partial charge >= 0.3 is 0 Å². The van der Waals surface area contributed by atoms with Crippen LogP contribution in [0.15, 0.2) is 21.5 Å². The van der Waals surface area contributed by atoms with Crippen molar-refractivity contribution in [2.75, 3.05) is 0 Å². The van der Waals surface area contributed by atoms with Crippen molar-refractivity contribution in [3.05, 3.63) is 32.7 Å². The zero-order chi connectivity index (χ0) is 7.56. The summed E-state index contributed by atoms with van der Waals surface area (Å²) in [5.41, 5.74) is 0.670. The lowest BCUT2D eigenvalue weighted by Gasteiger charge is -1.94. The molecular formula is C6H5BrClNO. The van der Waals surface area contributed by atoms with Gasteiger partial charge in [-0.15, -0.1) is 11.6 Å². The van der Waals surface area contributed by atoms with Gasteiger partial charge in [0.25, 0.3) is 5.56 Å². The number of hydrogen-bond acceptors (Lipinski definition) is 1. The minimum Gasteiger partial charge on any atom is -0.328 e. The molecule has 1 rings (SSSR count). The summed E-state index contributed by atoms with van der Waals surface area (Å²) in [7, 11) is 0. The minimum absolute atomic E-state index is 0.141. The van der Waals surface area contributed by atoms with Gasteiger partial charge in [-0.25, -0.2) is 0 Å². The van der Waals surface area contributed by atoms with Crippen LogP contribution in [-0.4, -0.2) is 4.98 Å². The standard InChI is InChI=1S/C6H5BrClNO/c7-5-4(3-8)1-2-9-6(5)10/h1-2H,3H2,(H,9,10). The van der Waals surface area contributed by atoms with Gasteiger partial charge in [0.05, 0.1) is 4.47 Å². The van der Waals surface area contributed by atoms with E-state index in [1.165, 1.54) is 0 Å². The second-order valence-electron chi connectivity index (χ2n) is 1.78. The minimum atomic E-state index is -0.141. The highest BCUT2D eigenvalue weighted by Crippen LogP contribution is 2.11. The number of rotatable bonds is 1. The first kappa shape index (κ1) is 7.82. The van der Waals surface area contributed by atoms with E-state index in [1.54, 1.807) is 12.3 Å². The molecule has 0 aliphatic heterocycles. The largest absolute Gasteiger partial charge is 0.328 e. The Morgan fingerprint density at radius 3 is 2.90 bits per heavy atom. The van der Waals surface area contributed by atoms with Crippen LogP contribution in [0.2, 0.25) is 0 Å². The molecule has 0 bridgehead atoms. The number of aromatic amines is 1. The molecule has 0 radical (unpaired) electrons. The second kappa shape index (κ2) is 3.21. The highest BCUT2D eigenvalue weighted by Gasteiger charge is 1.99. The third-order valence-corrected chi connectivity index (χ3v) is 2.28. The fourth-order valence-electron chi connectivity index (χ4n) is 0.604. The molecule has 0 fully saturated rings. The zero-order valence-electron chi connectivity index (χ0n) is 5.03. The second-order valence-corrected chi connectivity index (χ2v) is 2.84. The van der Waals surface area contributed by atoms with Crippen LogP contribution in [-0.2, 0) is 5.88 Å². The Kier molecular flexibility index (Phi) is 2.51. The van der Waals surface area contributed by atoms with Crippen LogP contribution in [0.4, 0.5) is 0 Å². The Morgan fingerprint density at radius 1 is 1.70 bits per heavy atom. The molecule has 0 spiro atoms. The van der Waals surface area contributed by atoms with E-state index >= 15 is 0 Å². The van der Waals surface area contributed by atoms with Crippen molar-refractivity contribution in [2.45, 2.75) is 5.88 Å². The summed E-state index contributed by atoms with van der Waals surface area (Å²) < 4.78 is 0.519. The Hall–Kier alpha value is -0.280. The van der Waals surface area contributed by atoms with E-state index in [0.29, 0.717) is 10.4 Å². The van der Waals surface area contributed by atoms with Crippen molar-refractivity contribution in [3.8, 4) is 0 Å². The van der Waals surface area contributed by atoms with Crippen LogP contribution in [0.1, 0.15) is 5.56 Å². The molecule has 0 saturated heterocycles. The molecular weight excluding hydrogens is 217 g/mol. The molecule has 0 aliphatic rings. The average molecular weight is 222 g/mol. The first-order chi connectivity index (χ1) is 4.75. The Labute approximate surface area is 71.3 Å². The van der Waals surface area contributed by atoms with Crippen molar-refractivity contribution >= 4 is 27.5 Å². The van der Waals surface area contributed by atoms with Crippen molar-refractivity contribution < 1.29 is 0 Å². The summed E-state index contributed by atoms with van der Waals surface area (Å²) in [5.74, 6) is 0.352. The third-order valence-electron chi connectivity index (χ3n) is 1.12. The van der Waals surface area contributed by atoms with E-state index in [1.807, 2.05) is 0 Å². The maximum Gasteiger partial charge on any atom is 0.262 e. The zero-order valence-corrected chi connectivity index (χ0v) is 7.37. The van der Waals surface area contributed by atoms with Gasteiger partial charge < -0.3 is 4.98 Å². The Bertz CT molecular complexity index is 283. The number of H-pyrrole nitrogens is 1. The summed E-state index contributed by atoms with van der Waals surface area (Å²) in [6.07, 6.45) is 1.57. The first-order valence-corrected chi connectivity index (χ1v) is 4.00. The molecule has 0 atom stereocenters. The van der Waals surface area contributed by atoms with Crippen molar-refractivity contribution in [2.24, 2.45) is 0 Å². The molecule has 4 heteroatoms. The molecule has 1 N–H and O–H groups in total. The van der Waals surface area contributed by atoms with Crippen LogP contribution < -0.4 is 5.56 Å². The van der Waals surface area contributed by atoms with Gasteiger partial charge in [0.1, 0.15) is 0 Å². The van der Waals surface area contributed by atoms with Gasteiger partial charge in [-0.1, -0.05) is 0 Å². The number of hydrogen-bond donors (Lipinski definition) is 1. The van der Waals surface area contributed by atoms with E-state index in [0.717, 1.165) is 5.56 Å². The van der Waals surface area contributed by atoms with Crippen LogP contribution >= 0.6 is 27.5 Å². The van der Waals surface area contributed by atoms with Crippen molar-refractivity contribution in [1.82, 2.24) is 4.98 Å². The summed E-state index contributed by atoms with van der Waals surface area (Å²) in [6, 6.07) is 1.76. The van der Waals surface area contributed by atoms with Crippen molar-refractivity contribution in [1.29, 1.82) is 0 Å². The number of nitrogens with one attached hydrogen (secondary N) is 1. The smallest absolute Gasteiger partial charge is 0.262 e. The number of aromatic nitrogens is 1. The van der Waals surface area contributed by atoms with Gasteiger partial charge in [0, 0.05) is 12.1 Å². The van der Waals surface area contributed by atoms with Gasteiger partial charge in [0.15, 0.2) is 0 Å². The molecule has 10 heavy (non-hydrogen) atoms. The van der Waals surface area contributed by atoms with E-state index in [4.69, 9.17) is 11.6 Å². The molecule has 0 saturated carbocycles. The van der Waals surface area contributed by atoms with E-state index < -0.39 is 0 Å².